The van der Waals surface area contributed by atoms with Crippen molar-refractivity contribution in [3.8, 4) is 0 Å². The Morgan fingerprint density at radius 3 is 2.81 bits per heavy atom. The summed E-state index contributed by atoms with van der Waals surface area (Å²) in [6.07, 6.45) is 1.98. The van der Waals surface area contributed by atoms with Crippen LogP contribution in [-0.2, 0) is 0 Å². The second-order valence-electron chi connectivity index (χ2n) is 4.28. The van der Waals surface area contributed by atoms with Crippen LogP contribution in [0.4, 0.5) is 5.69 Å². The lowest BCUT2D eigenvalue weighted by Crippen LogP contribution is -2.09. The molecule has 4 nitrogen and oxygen atoms in total. The van der Waals surface area contributed by atoms with Gasteiger partial charge in [0.2, 0.25) is 0 Å². The first-order chi connectivity index (χ1) is 10.2. The van der Waals surface area contributed by atoms with Crippen molar-refractivity contribution in [2.24, 2.45) is 0 Å². The van der Waals surface area contributed by atoms with E-state index in [9.17, 15) is 9.59 Å². The van der Waals surface area contributed by atoms with E-state index in [-0.39, 0.29) is 11.5 Å². The van der Waals surface area contributed by atoms with Crippen LogP contribution in [0.25, 0.3) is 11.0 Å². The lowest BCUT2D eigenvalue weighted by Gasteiger charge is -2.04. The number of anilines is 1. The minimum atomic E-state index is -0.387. The van der Waals surface area contributed by atoms with Crippen LogP contribution in [0.5, 0.6) is 0 Å². The van der Waals surface area contributed by atoms with E-state index in [1.54, 1.807) is 36.0 Å². The molecule has 2 heterocycles. The van der Waals surface area contributed by atoms with Crippen molar-refractivity contribution in [3.63, 3.8) is 0 Å². The predicted octanol–water partition coefficient (Wildman–Crippen LogP) is 3.83. The maximum absolute atomic E-state index is 12.2. The molecule has 0 atom stereocenters. The van der Waals surface area contributed by atoms with Crippen LogP contribution < -0.4 is 10.9 Å². The molecule has 1 aromatic carbocycles. The highest BCUT2D eigenvalue weighted by atomic mass is 32.2. The number of fused-ring (bicyclic) bond motifs is 1. The van der Waals surface area contributed by atoms with Crippen molar-refractivity contribution >= 4 is 45.7 Å². The minimum Gasteiger partial charge on any atom is -0.423 e. The molecule has 3 aromatic rings. The van der Waals surface area contributed by atoms with Gasteiger partial charge in [0.15, 0.2) is 0 Å². The van der Waals surface area contributed by atoms with Gasteiger partial charge < -0.3 is 9.73 Å². The quantitative estimate of drug-likeness (QED) is 0.589. The first kappa shape index (κ1) is 13.9. The third-order valence-corrected chi connectivity index (χ3v) is 5.05. The van der Waals surface area contributed by atoms with Gasteiger partial charge in [-0.2, -0.15) is 0 Å². The van der Waals surface area contributed by atoms with Gasteiger partial charge in [0.25, 0.3) is 5.91 Å². The molecule has 0 aliphatic carbocycles. The first-order valence-corrected chi connectivity index (χ1v) is 8.19. The number of rotatable bonds is 3. The molecule has 1 N–H and O–H groups in total. The van der Waals surface area contributed by atoms with Gasteiger partial charge in [0, 0.05) is 17.1 Å². The van der Waals surface area contributed by atoms with Crippen molar-refractivity contribution < 1.29 is 9.21 Å². The smallest absolute Gasteiger partial charge is 0.336 e. The number of carbonyl (C=O) groups is 1. The number of hydrogen-bond donors (Lipinski definition) is 1. The van der Waals surface area contributed by atoms with Crippen molar-refractivity contribution in [2.45, 2.75) is 4.21 Å². The van der Waals surface area contributed by atoms with Crippen LogP contribution in [-0.4, -0.2) is 12.2 Å². The topological polar surface area (TPSA) is 59.3 Å². The largest absolute Gasteiger partial charge is 0.423 e. The molecule has 1 amide bonds. The zero-order chi connectivity index (χ0) is 14.8. The summed E-state index contributed by atoms with van der Waals surface area (Å²) in [7, 11) is 0. The number of nitrogens with one attached hydrogen (secondary N) is 1. The van der Waals surface area contributed by atoms with Crippen molar-refractivity contribution in [1.29, 1.82) is 0 Å². The Morgan fingerprint density at radius 1 is 1.19 bits per heavy atom. The molecule has 0 aliphatic heterocycles. The Bertz CT molecular complexity index is 866. The van der Waals surface area contributed by atoms with Gasteiger partial charge in [-0.05, 0) is 42.7 Å². The van der Waals surface area contributed by atoms with Gasteiger partial charge in [-0.3, -0.25) is 4.79 Å². The van der Waals surface area contributed by atoms with Crippen LogP contribution in [0.1, 0.15) is 9.67 Å². The van der Waals surface area contributed by atoms with Gasteiger partial charge in [-0.25, -0.2) is 4.79 Å². The van der Waals surface area contributed by atoms with Crippen LogP contribution in [0, 0.1) is 0 Å². The molecule has 0 fully saturated rings. The molecule has 0 saturated carbocycles. The third-order valence-electron chi connectivity index (χ3n) is 2.88. The van der Waals surface area contributed by atoms with Crippen molar-refractivity contribution in [2.75, 3.05) is 11.6 Å². The minimum absolute atomic E-state index is 0.142. The zero-order valence-electron chi connectivity index (χ0n) is 11.1. The summed E-state index contributed by atoms with van der Waals surface area (Å²) < 4.78 is 6.15. The Morgan fingerprint density at radius 2 is 2.05 bits per heavy atom. The Hall–Kier alpha value is -2.05. The highest BCUT2D eigenvalue weighted by molar-refractivity contribution is 8.00. The SMILES string of the molecule is CSc1ccc(C(=O)Nc2ccc3oc(=O)ccc3c2)s1. The summed E-state index contributed by atoms with van der Waals surface area (Å²) in [6.45, 7) is 0. The van der Waals surface area contributed by atoms with E-state index in [1.165, 1.54) is 17.4 Å². The molecule has 6 heteroatoms. The monoisotopic (exact) mass is 317 g/mol. The normalized spacial score (nSPS) is 10.7. The summed E-state index contributed by atoms with van der Waals surface area (Å²) in [6, 6.07) is 11.9. The summed E-state index contributed by atoms with van der Waals surface area (Å²) in [5, 5.41) is 3.61. The molecule has 2 aromatic heterocycles. The summed E-state index contributed by atoms with van der Waals surface area (Å²) in [5.41, 5.74) is 0.782. The average Bonchev–Trinajstić information content (AvgIpc) is 2.96. The van der Waals surface area contributed by atoms with Crippen LogP contribution in [0.15, 0.2) is 55.9 Å². The molecule has 0 radical (unpaired) electrons. The molecule has 0 unspecified atom stereocenters. The van der Waals surface area contributed by atoms with E-state index in [1.807, 2.05) is 18.4 Å². The summed E-state index contributed by atoms with van der Waals surface area (Å²) in [5.74, 6) is -0.142. The zero-order valence-corrected chi connectivity index (χ0v) is 12.7. The molecular weight excluding hydrogens is 306 g/mol. The highest BCUT2D eigenvalue weighted by Crippen LogP contribution is 2.26. The van der Waals surface area contributed by atoms with E-state index in [2.05, 4.69) is 5.32 Å². The number of amides is 1. The van der Waals surface area contributed by atoms with Gasteiger partial charge in [0.1, 0.15) is 5.58 Å². The first-order valence-electron chi connectivity index (χ1n) is 6.15. The second-order valence-corrected chi connectivity index (χ2v) is 6.47. The number of carbonyl (C=O) groups excluding carboxylic acids is 1. The van der Waals surface area contributed by atoms with Crippen LogP contribution in [0.3, 0.4) is 0 Å². The van der Waals surface area contributed by atoms with E-state index >= 15 is 0 Å². The maximum Gasteiger partial charge on any atom is 0.336 e. The Balaban J connectivity index is 1.85. The number of benzene rings is 1. The fourth-order valence-electron chi connectivity index (χ4n) is 1.89. The van der Waals surface area contributed by atoms with Crippen LogP contribution >= 0.6 is 23.1 Å². The van der Waals surface area contributed by atoms with Crippen LogP contribution in [0.2, 0.25) is 0 Å². The molecule has 0 aliphatic rings. The van der Waals surface area contributed by atoms with E-state index < -0.39 is 0 Å². The number of thioether (sulfide) groups is 1. The van der Waals surface area contributed by atoms with E-state index in [0.29, 0.717) is 16.1 Å². The van der Waals surface area contributed by atoms with Crippen molar-refractivity contribution in [1.82, 2.24) is 0 Å². The molecule has 3 rings (SSSR count). The van der Waals surface area contributed by atoms with Gasteiger partial charge >= 0.3 is 5.63 Å². The van der Waals surface area contributed by atoms with Gasteiger partial charge in [0.05, 0.1) is 9.09 Å². The number of thiophene rings is 1. The van der Waals surface area contributed by atoms with Gasteiger partial charge in [-0.15, -0.1) is 23.1 Å². The fourth-order valence-corrected chi connectivity index (χ4v) is 3.33. The van der Waals surface area contributed by atoms with E-state index in [0.717, 1.165) is 9.60 Å². The fraction of sp³-hybridized carbons (Fsp3) is 0.0667. The Labute approximate surface area is 128 Å². The lowest BCUT2D eigenvalue weighted by molar-refractivity contribution is 0.103. The summed E-state index contributed by atoms with van der Waals surface area (Å²) >= 11 is 3.07. The standard InChI is InChI=1S/C15H11NO3S2/c1-20-14-7-5-12(21-14)15(18)16-10-3-4-11-9(8-10)2-6-13(17)19-11/h2-8H,1H3,(H,16,18). The maximum atomic E-state index is 12.2. The average molecular weight is 317 g/mol. The summed E-state index contributed by atoms with van der Waals surface area (Å²) in [4.78, 5) is 23.9. The molecule has 0 saturated heterocycles. The molecule has 0 spiro atoms. The molecular formula is C15H11NO3S2. The van der Waals surface area contributed by atoms with E-state index in [4.69, 9.17) is 4.42 Å². The second kappa shape index (κ2) is 5.75. The number of hydrogen-bond acceptors (Lipinski definition) is 5. The predicted molar refractivity (Wildman–Crippen MR) is 86.5 cm³/mol. The van der Waals surface area contributed by atoms with Gasteiger partial charge in [-0.1, -0.05) is 0 Å². The Kier molecular flexibility index (Phi) is 3.81. The molecule has 21 heavy (non-hydrogen) atoms. The molecule has 106 valence electrons. The van der Waals surface area contributed by atoms with Crippen molar-refractivity contribution in [3.05, 3.63) is 57.8 Å². The third kappa shape index (κ3) is 3.01. The molecule has 0 bridgehead atoms. The highest BCUT2D eigenvalue weighted by Gasteiger charge is 2.10. The lowest BCUT2D eigenvalue weighted by atomic mass is 10.2.